The molecule has 54 valence electrons. The fourth-order valence-corrected chi connectivity index (χ4v) is 1.57. The first-order valence-corrected chi connectivity index (χ1v) is 3.53. The minimum absolute atomic E-state index is 0.144. The van der Waals surface area contributed by atoms with Crippen LogP contribution in [0.3, 0.4) is 0 Å². The molecule has 0 aromatic heterocycles. The molecule has 0 unspecified atom stereocenters. The summed E-state index contributed by atoms with van der Waals surface area (Å²) in [6.45, 7) is 2.25. The van der Waals surface area contributed by atoms with Crippen LogP contribution >= 0.6 is 0 Å². The van der Waals surface area contributed by atoms with Crippen LogP contribution in [0, 0.1) is 11.8 Å². The molecule has 3 atom stereocenters. The molecule has 9 heavy (non-hydrogen) atoms. The molecule has 2 N–H and O–H groups in total. The molecule has 0 aromatic carbocycles. The third kappa shape index (κ3) is 1.43. The normalized spacial score (nSPS) is 43.7. The average molecular weight is 130 g/mol. The molecule has 0 aliphatic heterocycles. The van der Waals surface area contributed by atoms with Crippen LogP contribution in [0.25, 0.3) is 0 Å². The predicted molar refractivity (Wildman–Crippen MR) is 35.0 cm³/mol. The maximum absolute atomic E-state index is 9.20. The van der Waals surface area contributed by atoms with E-state index in [1.165, 1.54) is 0 Å². The van der Waals surface area contributed by atoms with Crippen LogP contribution < -0.4 is 0 Å². The number of aliphatic hydroxyl groups excluding tert-OH is 2. The topological polar surface area (TPSA) is 40.5 Å². The fraction of sp³-hybridized carbons (Fsp3) is 1.00. The highest BCUT2D eigenvalue weighted by atomic mass is 16.3. The van der Waals surface area contributed by atoms with Gasteiger partial charge in [-0.3, -0.25) is 0 Å². The summed E-state index contributed by atoms with van der Waals surface area (Å²) in [6, 6.07) is 0. The van der Waals surface area contributed by atoms with Gasteiger partial charge in [0, 0.05) is 12.5 Å². The van der Waals surface area contributed by atoms with Crippen molar-refractivity contribution in [3.8, 4) is 0 Å². The second-order valence-corrected chi connectivity index (χ2v) is 3.09. The lowest BCUT2D eigenvalue weighted by Crippen LogP contribution is -2.16. The van der Waals surface area contributed by atoms with Gasteiger partial charge in [-0.1, -0.05) is 6.92 Å². The summed E-state index contributed by atoms with van der Waals surface area (Å²) in [6.07, 6.45) is 1.60. The number of hydrogen-bond acceptors (Lipinski definition) is 2. The fourth-order valence-electron chi connectivity index (χ4n) is 1.57. The first-order chi connectivity index (χ1) is 4.24. The van der Waals surface area contributed by atoms with Crippen molar-refractivity contribution in [3.63, 3.8) is 0 Å². The van der Waals surface area contributed by atoms with E-state index in [1.54, 1.807) is 0 Å². The van der Waals surface area contributed by atoms with Gasteiger partial charge < -0.3 is 10.2 Å². The molecule has 2 nitrogen and oxygen atoms in total. The van der Waals surface area contributed by atoms with E-state index in [0.29, 0.717) is 5.92 Å². The Morgan fingerprint density at radius 2 is 2.11 bits per heavy atom. The van der Waals surface area contributed by atoms with E-state index < -0.39 is 0 Å². The molecule has 1 saturated carbocycles. The van der Waals surface area contributed by atoms with Gasteiger partial charge in [0.25, 0.3) is 0 Å². The van der Waals surface area contributed by atoms with Crippen molar-refractivity contribution in [2.45, 2.75) is 25.9 Å². The molecule has 1 aliphatic carbocycles. The van der Waals surface area contributed by atoms with Gasteiger partial charge in [0.15, 0.2) is 0 Å². The van der Waals surface area contributed by atoms with Crippen LogP contribution in [0.15, 0.2) is 0 Å². The number of hydrogen-bond donors (Lipinski definition) is 2. The Hall–Kier alpha value is -0.0800. The lowest BCUT2D eigenvalue weighted by atomic mass is 10.1. The molecular formula is C7H14O2. The van der Waals surface area contributed by atoms with Gasteiger partial charge >= 0.3 is 0 Å². The molecule has 0 bridgehead atoms. The molecule has 0 spiro atoms. The van der Waals surface area contributed by atoms with Crippen molar-refractivity contribution in [2.24, 2.45) is 11.8 Å². The summed E-state index contributed by atoms with van der Waals surface area (Å²) in [5.74, 6) is 0.747. The molecule has 1 rings (SSSR count). The first-order valence-electron chi connectivity index (χ1n) is 3.53. The van der Waals surface area contributed by atoms with Crippen molar-refractivity contribution in [1.29, 1.82) is 0 Å². The van der Waals surface area contributed by atoms with Crippen LogP contribution in [-0.4, -0.2) is 22.9 Å². The van der Waals surface area contributed by atoms with E-state index in [1.807, 2.05) is 0 Å². The minimum Gasteiger partial charge on any atom is -0.396 e. The van der Waals surface area contributed by atoms with Crippen LogP contribution in [0.5, 0.6) is 0 Å². The third-order valence-corrected chi connectivity index (χ3v) is 2.13. The first kappa shape index (κ1) is 7.03. The monoisotopic (exact) mass is 130 g/mol. The maximum atomic E-state index is 9.20. The van der Waals surface area contributed by atoms with Crippen molar-refractivity contribution in [1.82, 2.24) is 0 Å². The standard InChI is InChI=1S/C7H14O2/c1-5-2-6(4-8)7(9)3-5/h5-9H,2-4H2,1H3/t5-,6-,7-/m1/s1. The molecule has 0 amide bonds. The van der Waals surface area contributed by atoms with E-state index in [9.17, 15) is 5.11 Å². The van der Waals surface area contributed by atoms with E-state index in [2.05, 4.69) is 6.92 Å². The number of rotatable bonds is 1. The molecule has 1 fully saturated rings. The molecule has 0 aromatic rings. The highest BCUT2D eigenvalue weighted by Gasteiger charge is 2.29. The van der Waals surface area contributed by atoms with E-state index in [4.69, 9.17) is 5.11 Å². The Labute approximate surface area is 55.5 Å². The lowest BCUT2D eigenvalue weighted by Gasteiger charge is -2.08. The summed E-state index contributed by atoms with van der Waals surface area (Å²) < 4.78 is 0. The molecular weight excluding hydrogens is 116 g/mol. The Balaban J connectivity index is 2.38. The summed E-state index contributed by atoms with van der Waals surface area (Å²) in [5.41, 5.74) is 0. The largest absolute Gasteiger partial charge is 0.396 e. The van der Waals surface area contributed by atoms with Crippen LogP contribution in [0.4, 0.5) is 0 Å². The van der Waals surface area contributed by atoms with Gasteiger partial charge in [0.2, 0.25) is 0 Å². The maximum Gasteiger partial charge on any atom is 0.0592 e. The summed E-state index contributed by atoms with van der Waals surface area (Å²) in [5, 5.41) is 17.9. The Bertz CT molecular complexity index is 92.9. The van der Waals surface area contributed by atoms with Crippen molar-refractivity contribution < 1.29 is 10.2 Å². The lowest BCUT2D eigenvalue weighted by molar-refractivity contribution is 0.0906. The molecule has 0 saturated heterocycles. The van der Waals surface area contributed by atoms with Crippen LogP contribution in [0.2, 0.25) is 0 Å². The highest BCUT2D eigenvalue weighted by molar-refractivity contribution is 4.79. The highest BCUT2D eigenvalue weighted by Crippen LogP contribution is 2.29. The molecule has 0 radical (unpaired) electrons. The quantitative estimate of drug-likeness (QED) is 0.539. The number of aliphatic hydroxyl groups is 2. The van der Waals surface area contributed by atoms with Gasteiger partial charge in [-0.05, 0) is 18.8 Å². The average Bonchev–Trinajstić information content (AvgIpc) is 2.10. The van der Waals surface area contributed by atoms with E-state index in [0.717, 1.165) is 12.8 Å². The van der Waals surface area contributed by atoms with Crippen molar-refractivity contribution in [3.05, 3.63) is 0 Å². The summed E-state index contributed by atoms with van der Waals surface area (Å²) in [4.78, 5) is 0. The van der Waals surface area contributed by atoms with Crippen LogP contribution in [0.1, 0.15) is 19.8 Å². The van der Waals surface area contributed by atoms with E-state index in [-0.39, 0.29) is 18.6 Å². The van der Waals surface area contributed by atoms with Crippen molar-refractivity contribution >= 4 is 0 Å². The molecule has 2 heteroatoms. The zero-order valence-corrected chi connectivity index (χ0v) is 5.75. The van der Waals surface area contributed by atoms with Gasteiger partial charge in [-0.25, -0.2) is 0 Å². The van der Waals surface area contributed by atoms with Gasteiger partial charge in [-0.15, -0.1) is 0 Å². The SMILES string of the molecule is C[C@@H]1C[C@H](CO)[C@H](O)C1. The Morgan fingerprint density at radius 3 is 2.33 bits per heavy atom. The summed E-state index contributed by atoms with van der Waals surface area (Å²) >= 11 is 0. The predicted octanol–water partition coefficient (Wildman–Crippen LogP) is 0.386. The Morgan fingerprint density at radius 1 is 1.44 bits per heavy atom. The van der Waals surface area contributed by atoms with Gasteiger partial charge in [0.05, 0.1) is 6.10 Å². The summed E-state index contributed by atoms with van der Waals surface area (Å²) in [7, 11) is 0. The smallest absolute Gasteiger partial charge is 0.0592 e. The zero-order valence-electron chi connectivity index (χ0n) is 5.75. The Kier molecular flexibility index (Phi) is 2.09. The third-order valence-electron chi connectivity index (χ3n) is 2.13. The molecule has 0 heterocycles. The van der Waals surface area contributed by atoms with Crippen molar-refractivity contribution in [2.75, 3.05) is 6.61 Å². The van der Waals surface area contributed by atoms with E-state index >= 15 is 0 Å². The zero-order chi connectivity index (χ0) is 6.85. The minimum atomic E-state index is -0.245. The van der Waals surface area contributed by atoms with Gasteiger partial charge in [0.1, 0.15) is 0 Å². The van der Waals surface area contributed by atoms with Gasteiger partial charge in [-0.2, -0.15) is 0 Å². The second kappa shape index (κ2) is 2.67. The molecule has 1 aliphatic rings. The second-order valence-electron chi connectivity index (χ2n) is 3.09. The van der Waals surface area contributed by atoms with Crippen LogP contribution in [-0.2, 0) is 0 Å².